The van der Waals surface area contributed by atoms with E-state index in [9.17, 15) is 0 Å². The van der Waals surface area contributed by atoms with Crippen LogP contribution in [0, 0.1) is 0 Å². The summed E-state index contributed by atoms with van der Waals surface area (Å²) < 4.78 is 5.94. The molecule has 1 aliphatic carbocycles. The summed E-state index contributed by atoms with van der Waals surface area (Å²) in [6.45, 7) is 5.51. The summed E-state index contributed by atoms with van der Waals surface area (Å²) >= 11 is 0. The van der Waals surface area contributed by atoms with Crippen molar-refractivity contribution in [2.24, 2.45) is 0 Å². The molecule has 0 unspecified atom stereocenters. The van der Waals surface area contributed by atoms with Gasteiger partial charge < -0.3 is 4.74 Å². The van der Waals surface area contributed by atoms with E-state index in [-0.39, 0.29) is 5.60 Å². The molecule has 78 valence electrons. The van der Waals surface area contributed by atoms with Gasteiger partial charge in [0.15, 0.2) is 0 Å². The molecule has 1 heteroatoms. The maximum absolute atomic E-state index is 5.94. The largest absolute Gasteiger partial charge is 0.375 e. The van der Waals surface area contributed by atoms with Crippen LogP contribution in [0.1, 0.15) is 65.2 Å². The van der Waals surface area contributed by atoms with E-state index in [1.54, 1.807) is 0 Å². The zero-order valence-corrected chi connectivity index (χ0v) is 9.27. The van der Waals surface area contributed by atoms with Gasteiger partial charge in [0.05, 0.1) is 5.60 Å². The van der Waals surface area contributed by atoms with Gasteiger partial charge in [-0.25, -0.2) is 0 Å². The fourth-order valence-corrected chi connectivity index (χ4v) is 2.11. The van der Waals surface area contributed by atoms with Gasteiger partial charge in [-0.05, 0) is 26.2 Å². The Bertz CT molecular complexity index is 125. The second-order valence-corrected chi connectivity index (χ2v) is 4.57. The standard InChI is InChI=1S/C12H24O/c1-3-4-5-8-11-13-12(2)9-6-7-10-12/h3-11H2,1-2H3. The van der Waals surface area contributed by atoms with E-state index in [1.807, 2.05) is 0 Å². The zero-order valence-electron chi connectivity index (χ0n) is 9.27. The van der Waals surface area contributed by atoms with Gasteiger partial charge in [-0.15, -0.1) is 0 Å². The van der Waals surface area contributed by atoms with Gasteiger partial charge in [-0.3, -0.25) is 0 Å². The Labute approximate surface area is 82.9 Å². The van der Waals surface area contributed by atoms with Crippen molar-refractivity contribution < 1.29 is 4.74 Å². The smallest absolute Gasteiger partial charge is 0.0654 e. The summed E-state index contributed by atoms with van der Waals surface area (Å²) in [6, 6.07) is 0. The molecular weight excluding hydrogens is 160 g/mol. The first-order valence-corrected chi connectivity index (χ1v) is 5.91. The average molecular weight is 184 g/mol. The van der Waals surface area contributed by atoms with Gasteiger partial charge in [0, 0.05) is 6.61 Å². The van der Waals surface area contributed by atoms with Crippen molar-refractivity contribution in [2.75, 3.05) is 6.61 Å². The Balaban J connectivity index is 1.98. The molecule has 13 heavy (non-hydrogen) atoms. The van der Waals surface area contributed by atoms with Crippen LogP contribution in [0.4, 0.5) is 0 Å². The van der Waals surface area contributed by atoms with E-state index in [0.717, 1.165) is 6.61 Å². The Kier molecular flexibility index (Phi) is 4.79. The minimum Gasteiger partial charge on any atom is -0.375 e. The lowest BCUT2D eigenvalue weighted by Gasteiger charge is -2.24. The van der Waals surface area contributed by atoms with Crippen molar-refractivity contribution in [3.63, 3.8) is 0 Å². The lowest BCUT2D eigenvalue weighted by Crippen LogP contribution is -2.24. The molecule has 0 heterocycles. The fraction of sp³-hybridized carbons (Fsp3) is 1.00. The summed E-state index contributed by atoms with van der Waals surface area (Å²) in [5.41, 5.74) is 0.242. The van der Waals surface area contributed by atoms with Crippen LogP contribution in [0.5, 0.6) is 0 Å². The maximum Gasteiger partial charge on any atom is 0.0654 e. The highest BCUT2D eigenvalue weighted by atomic mass is 16.5. The van der Waals surface area contributed by atoms with Gasteiger partial charge in [0.1, 0.15) is 0 Å². The van der Waals surface area contributed by atoms with Crippen molar-refractivity contribution in [1.29, 1.82) is 0 Å². The molecule has 0 spiro atoms. The average Bonchev–Trinajstić information content (AvgIpc) is 2.53. The third-order valence-corrected chi connectivity index (χ3v) is 3.11. The van der Waals surface area contributed by atoms with Crippen molar-refractivity contribution >= 4 is 0 Å². The van der Waals surface area contributed by atoms with E-state index >= 15 is 0 Å². The summed E-state index contributed by atoms with van der Waals surface area (Å²) in [7, 11) is 0. The van der Waals surface area contributed by atoms with Gasteiger partial charge in [-0.2, -0.15) is 0 Å². The second kappa shape index (κ2) is 5.64. The Hall–Kier alpha value is -0.0400. The molecule has 0 atom stereocenters. The van der Waals surface area contributed by atoms with Gasteiger partial charge in [-0.1, -0.05) is 39.0 Å². The third-order valence-electron chi connectivity index (χ3n) is 3.11. The van der Waals surface area contributed by atoms with E-state index in [0.29, 0.717) is 0 Å². The molecule has 1 fully saturated rings. The van der Waals surface area contributed by atoms with Crippen LogP contribution in [-0.4, -0.2) is 12.2 Å². The number of hydrogen-bond acceptors (Lipinski definition) is 1. The molecular formula is C12H24O. The van der Waals surface area contributed by atoms with E-state index in [1.165, 1.54) is 51.4 Å². The summed E-state index contributed by atoms with van der Waals surface area (Å²) in [4.78, 5) is 0. The minimum absolute atomic E-state index is 0.242. The van der Waals surface area contributed by atoms with Crippen LogP contribution in [0.2, 0.25) is 0 Å². The first-order valence-electron chi connectivity index (χ1n) is 5.91. The summed E-state index contributed by atoms with van der Waals surface area (Å²) in [5.74, 6) is 0. The lowest BCUT2D eigenvalue weighted by atomic mass is 10.1. The van der Waals surface area contributed by atoms with Crippen molar-refractivity contribution in [2.45, 2.75) is 70.8 Å². The Morgan fingerprint density at radius 3 is 2.38 bits per heavy atom. The first kappa shape index (κ1) is 11.0. The van der Waals surface area contributed by atoms with Crippen LogP contribution in [0.3, 0.4) is 0 Å². The topological polar surface area (TPSA) is 9.23 Å². The predicted molar refractivity (Wildman–Crippen MR) is 57.0 cm³/mol. The van der Waals surface area contributed by atoms with Crippen LogP contribution in [0.25, 0.3) is 0 Å². The molecule has 0 saturated heterocycles. The molecule has 1 nitrogen and oxygen atoms in total. The normalized spacial score (nSPS) is 20.8. The number of hydrogen-bond donors (Lipinski definition) is 0. The molecule has 0 aromatic heterocycles. The van der Waals surface area contributed by atoms with Gasteiger partial charge in [0.25, 0.3) is 0 Å². The highest BCUT2D eigenvalue weighted by Crippen LogP contribution is 2.32. The molecule has 1 rings (SSSR count). The number of ether oxygens (including phenoxy) is 1. The van der Waals surface area contributed by atoms with E-state index in [2.05, 4.69) is 13.8 Å². The second-order valence-electron chi connectivity index (χ2n) is 4.57. The zero-order chi connectivity index (χ0) is 9.57. The highest BCUT2D eigenvalue weighted by Gasteiger charge is 2.28. The van der Waals surface area contributed by atoms with Gasteiger partial charge in [0.2, 0.25) is 0 Å². The Morgan fingerprint density at radius 1 is 1.08 bits per heavy atom. The Morgan fingerprint density at radius 2 is 1.77 bits per heavy atom. The number of unbranched alkanes of at least 4 members (excludes halogenated alkanes) is 3. The van der Waals surface area contributed by atoms with Gasteiger partial charge >= 0.3 is 0 Å². The molecule has 1 aliphatic rings. The fourth-order valence-electron chi connectivity index (χ4n) is 2.11. The van der Waals surface area contributed by atoms with Crippen LogP contribution >= 0.6 is 0 Å². The van der Waals surface area contributed by atoms with Crippen molar-refractivity contribution in [1.82, 2.24) is 0 Å². The number of rotatable bonds is 6. The third kappa shape index (κ3) is 4.12. The van der Waals surface area contributed by atoms with Crippen molar-refractivity contribution in [3.8, 4) is 0 Å². The van der Waals surface area contributed by atoms with E-state index < -0.39 is 0 Å². The molecule has 0 N–H and O–H groups in total. The summed E-state index contributed by atoms with van der Waals surface area (Å²) in [5, 5.41) is 0. The predicted octanol–water partition coefficient (Wildman–Crippen LogP) is 3.92. The van der Waals surface area contributed by atoms with E-state index in [4.69, 9.17) is 4.74 Å². The van der Waals surface area contributed by atoms with Crippen LogP contribution in [0.15, 0.2) is 0 Å². The maximum atomic E-state index is 5.94. The monoisotopic (exact) mass is 184 g/mol. The minimum atomic E-state index is 0.242. The quantitative estimate of drug-likeness (QED) is 0.569. The first-order chi connectivity index (χ1) is 6.27. The lowest BCUT2D eigenvalue weighted by molar-refractivity contribution is -0.0277. The molecule has 0 amide bonds. The summed E-state index contributed by atoms with van der Waals surface area (Å²) in [6.07, 6.45) is 10.6. The van der Waals surface area contributed by atoms with Crippen molar-refractivity contribution in [3.05, 3.63) is 0 Å². The molecule has 0 aromatic carbocycles. The highest BCUT2D eigenvalue weighted by molar-refractivity contribution is 4.81. The van der Waals surface area contributed by atoms with Crippen LogP contribution in [-0.2, 0) is 4.74 Å². The molecule has 1 saturated carbocycles. The molecule has 0 aliphatic heterocycles. The molecule has 0 radical (unpaired) electrons. The molecule has 0 aromatic rings. The van der Waals surface area contributed by atoms with Crippen LogP contribution < -0.4 is 0 Å². The molecule has 0 bridgehead atoms. The SMILES string of the molecule is CCCCCCOC1(C)CCCC1.